The zero-order valence-corrected chi connectivity index (χ0v) is 10.00. The molecule has 0 bridgehead atoms. The summed E-state index contributed by atoms with van der Waals surface area (Å²) in [7, 11) is 0. The molecule has 17 heavy (non-hydrogen) atoms. The van der Waals surface area contributed by atoms with Crippen molar-refractivity contribution in [1.82, 2.24) is 4.98 Å². The summed E-state index contributed by atoms with van der Waals surface area (Å²) < 4.78 is 13.5. The van der Waals surface area contributed by atoms with Crippen molar-refractivity contribution >= 4 is 5.69 Å². The molecular weight excluding hydrogens is 215 g/mol. The second-order valence-corrected chi connectivity index (χ2v) is 4.21. The molecule has 0 spiro atoms. The third kappa shape index (κ3) is 3.03. The Balaban J connectivity index is 2.09. The Morgan fingerprint density at radius 2 is 1.94 bits per heavy atom. The van der Waals surface area contributed by atoms with E-state index in [0.717, 1.165) is 16.7 Å². The van der Waals surface area contributed by atoms with Gasteiger partial charge in [-0.2, -0.15) is 0 Å². The molecule has 0 unspecified atom stereocenters. The standard InChI is InChI=1S/C14H15FN2/c1-10-3-4-13(15)14(6-10)17-9-12-5-11(2)7-16-8-12/h3-8,17H,9H2,1-2H3. The van der Waals surface area contributed by atoms with Gasteiger partial charge in [-0.3, -0.25) is 4.98 Å². The number of nitrogens with one attached hydrogen (secondary N) is 1. The van der Waals surface area contributed by atoms with Crippen molar-refractivity contribution < 1.29 is 4.39 Å². The van der Waals surface area contributed by atoms with E-state index >= 15 is 0 Å². The number of aromatic nitrogens is 1. The monoisotopic (exact) mass is 230 g/mol. The van der Waals surface area contributed by atoms with Gasteiger partial charge >= 0.3 is 0 Å². The topological polar surface area (TPSA) is 24.9 Å². The van der Waals surface area contributed by atoms with Gasteiger partial charge in [-0.05, 0) is 42.7 Å². The molecule has 2 aromatic rings. The minimum Gasteiger partial charge on any atom is -0.379 e. The predicted molar refractivity (Wildman–Crippen MR) is 67.4 cm³/mol. The SMILES string of the molecule is Cc1cncc(CNc2cc(C)ccc2F)c1. The van der Waals surface area contributed by atoms with Gasteiger partial charge in [0.25, 0.3) is 0 Å². The van der Waals surface area contributed by atoms with Gasteiger partial charge in [0.05, 0.1) is 5.69 Å². The highest BCUT2D eigenvalue weighted by Gasteiger charge is 2.01. The lowest BCUT2D eigenvalue weighted by Gasteiger charge is -2.08. The molecule has 1 aromatic heterocycles. The first kappa shape index (κ1) is 11.6. The van der Waals surface area contributed by atoms with Crippen LogP contribution in [0.1, 0.15) is 16.7 Å². The number of aryl methyl sites for hydroxylation is 2. The largest absolute Gasteiger partial charge is 0.379 e. The first-order valence-electron chi connectivity index (χ1n) is 5.56. The summed E-state index contributed by atoms with van der Waals surface area (Å²) in [5.74, 6) is -0.226. The molecule has 0 aliphatic carbocycles. The van der Waals surface area contributed by atoms with Crippen LogP contribution in [0.2, 0.25) is 0 Å². The highest BCUT2D eigenvalue weighted by atomic mass is 19.1. The Hall–Kier alpha value is -1.90. The van der Waals surface area contributed by atoms with Gasteiger partial charge in [0, 0.05) is 18.9 Å². The molecule has 3 heteroatoms. The first-order valence-corrected chi connectivity index (χ1v) is 5.56. The molecule has 0 saturated heterocycles. The fraction of sp³-hybridized carbons (Fsp3) is 0.214. The maximum atomic E-state index is 13.5. The first-order chi connectivity index (χ1) is 8.15. The zero-order chi connectivity index (χ0) is 12.3. The van der Waals surface area contributed by atoms with E-state index in [1.807, 2.05) is 19.9 Å². The molecule has 1 N–H and O–H groups in total. The van der Waals surface area contributed by atoms with Crippen LogP contribution in [0.5, 0.6) is 0 Å². The van der Waals surface area contributed by atoms with Gasteiger partial charge in [-0.1, -0.05) is 12.1 Å². The molecule has 0 saturated carbocycles. The van der Waals surface area contributed by atoms with Crippen molar-refractivity contribution in [3.05, 3.63) is 59.2 Å². The summed E-state index contributed by atoms with van der Waals surface area (Å²) >= 11 is 0. The van der Waals surface area contributed by atoms with Gasteiger partial charge < -0.3 is 5.32 Å². The fourth-order valence-electron chi connectivity index (χ4n) is 1.69. The molecule has 0 fully saturated rings. The van der Waals surface area contributed by atoms with Crippen LogP contribution in [0.15, 0.2) is 36.7 Å². The highest BCUT2D eigenvalue weighted by molar-refractivity contribution is 5.47. The van der Waals surface area contributed by atoms with Crippen LogP contribution in [-0.2, 0) is 6.54 Å². The van der Waals surface area contributed by atoms with Gasteiger partial charge in [0.2, 0.25) is 0 Å². The van der Waals surface area contributed by atoms with Crippen molar-refractivity contribution in [2.75, 3.05) is 5.32 Å². The summed E-state index contributed by atoms with van der Waals surface area (Å²) in [5.41, 5.74) is 3.72. The molecular formula is C14H15FN2. The van der Waals surface area contributed by atoms with E-state index in [1.165, 1.54) is 6.07 Å². The molecule has 2 nitrogen and oxygen atoms in total. The van der Waals surface area contributed by atoms with E-state index in [4.69, 9.17) is 0 Å². The Morgan fingerprint density at radius 1 is 1.12 bits per heavy atom. The van der Waals surface area contributed by atoms with Crippen molar-refractivity contribution in [3.8, 4) is 0 Å². The number of pyridine rings is 1. The summed E-state index contributed by atoms with van der Waals surface area (Å²) in [6.07, 6.45) is 3.59. The molecule has 1 heterocycles. The predicted octanol–water partition coefficient (Wildman–Crippen LogP) is 3.45. The molecule has 0 aliphatic heterocycles. The third-order valence-electron chi connectivity index (χ3n) is 2.54. The average Bonchev–Trinajstić information content (AvgIpc) is 2.30. The van der Waals surface area contributed by atoms with Gasteiger partial charge in [0.15, 0.2) is 0 Å². The third-order valence-corrected chi connectivity index (χ3v) is 2.54. The van der Waals surface area contributed by atoms with E-state index < -0.39 is 0 Å². The minimum atomic E-state index is -0.226. The second-order valence-electron chi connectivity index (χ2n) is 4.21. The number of anilines is 1. The van der Waals surface area contributed by atoms with E-state index in [1.54, 1.807) is 24.5 Å². The molecule has 0 atom stereocenters. The molecule has 1 aromatic carbocycles. The lowest BCUT2D eigenvalue weighted by Crippen LogP contribution is -2.02. The molecule has 88 valence electrons. The molecule has 0 radical (unpaired) electrons. The maximum absolute atomic E-state index is 13.5. The van der Waals surface area contributed by atoms with E-state index in [0.29, 0.717) is 12.2 Å². The van der Waals surface area contributed by atoms with Crippen LogP contribution in [0.3, 0.4) is 0 Å². The number of halogens is 1. The number of benzene rings is 1. The Morgan fingerprint density at radius 3 is 2.71 bits per heavy atom. The van der Waals surface area contributed by atoms with Gasteiger partial charge in [-0.25, -0.2) is 4.39 Å². The normalized spacial score (nSPS) is 10.3. The minimum absolute atomic E-state index is 0.226. The molecule has 0 aliphatic rings. The van der Waals surface area contributed by atoms with Crippen LogP contribution in [0, 0.1) is 19.7 Å². The summed E-state index contributed by atoms with van der Waals surface area (Å²) in [4.78, 5) is 4.10. The van der Waals surface area contributed by atoms with Crippen molar-refractivity contribution in [2.24, 2.45) is 0 Å². The van der Waals surface area contributed by atoms with Crippen LogP contribution >= 0.6 is 0 Å². The number of nitrogens with zero attached hydrogens (tertiary/aromatic N) is 1. The lowest BCUT2D eigenvalue weighted by molar-refractivity contribution is 0.629. The Kier molecular flexibility index (Phi) is 3.38. The molecule has 2 rings (SSSR count). The average molecular weight is 230 g/mol. The lowest BCUT2D eigenvalue weighted by atomic mass is 10.2. The van der Waals surface area contributed by atoms with Crippen LogP contribution < -0.4 is 5.32 Å². The Bertz CT molecular complexity index is 523. The zero-order valence-electron chi connectivity index (χ0n) is 10.00. The van der Waals surface area contributed by atoms with Gasteiger partial charge in [0.1, 0.15) is 5.82 Å². The molecule has 0 amide bonds. The summed E-state index contributed by atoms with van der Waals surface area (Å²) in [6, 6.07) is 7.08. The van der Waals surface area contributed by atoms with E-state index in [9.17, 15) is 4.39 Å². The van der Waals surface area contributed by atoms with Crippen LogP contribution in [0.4, 0.5) is 10.1 Å². The Labute approximate surface area is 101 Å². The number of hydrogen-bond donors (Lipinski definition) is 1. The maximum Gasteiger partial charge on any atom is 0.146 e. The van der Waals surface area contributed by atoms with Crippen molar-refractivity contribution in [2.45, 2.75) is 20.4 Å². The fourth-order valence-corrected chi connectivity index (χ4v) is 1.69. The number of rotatable bonds is 3. The van der Waals surface area contributed by atoms with Crippen LogP contribution in [-0.4, -0.2) is 4.98 Å². The second kappa shape index (κ2) is 4.95. The summed E-state index contributed by atoms with van der Waals surface area (Å²) in [5, 5.41) is 3.08. The smallest absolute Gasteiger partial charge is 0.146 e. The van der Waals surface area contributed by atoms with Crippen molar-refractivity contribution in [1.29, 1.82) is 0 Å². The number of hydrogen-bond acceptors (Lipinski definition) is 2. The van der Waals surface area contributed by atoms with E-state index in [-0.39, 0.29) is 5.82 Å². The highest BCUT2D eigenvalue weighted by Crippen LogP contribution is 2.16. The van der Waals surface area contributed by atoms with Crippen molar-refractivity contribution in [3.63, 3.8) is 0 Å². The van der Waals surface area contributed by atoms with Gasteiger partial charge in [-0.15, -0.1) is 0 Å². The van der Waals surface area contributed by atoms with Crippen LogP contribution in [0.25, 0.3) is 0 Å². The van der Waals surface area contributed by atoms with E-state index in [2.05, 4.69) is 10.3 Å². The quantitative estimate of drug-likeness (QED) is 0.873. The summed E-state index contributed by atoms with van der Waals surface area (Å²) in [6.45, 7) is 4.51.